The second kappa shape index (κ2) is 7.53. The van der Waals surface area contributed by atoms with Crippen LogP contribution in [0.15, 0.2) is 33.6 Å². The van der Waals surface area contributed by atoms with Crippen LogP contribution in [0.1, 0.15) is 24.8 Å². The van der Waals surface area contributed by atoms with Crippen molar-refractivity contribution in [2.75, 3.05) is 19.6 Å². The van der Waals surface area contributed by atoms with E-state index in [1.54, 1.807) is 11.0 Å². The Labute approximate surface area is 153 Å². The summed E-state index contributed by atoms with van der Waals surface area (Å²) in [7, 11) is 0. The fraction of sp³-hybridized carbons (Fsp3) is 0.353. The minimum Gasteiger partial charge on any atom is -0.341 e. The molecule has 0 radical (unpaired) electrons. The molecular formula is C17H17BrN2O3S. The van der Waals surface area contributed by atoms with E-state index in [2.05, 4.69) is 15.9 Å². The molecule has 7 heteroatoms. The van der Waals surface area contributed by atoms with E-state index in [9.17, 15) is 14.4 Å². The highest BCUT2D eigenvalue weighted by atomic mass is 79.9. The Hall–Kier alpha value is -1.60. The topological polar surface area (TPSA) is 57.7 Å². The fourth-order valence-electron chi connectivity index (χ4n) is 2.75. The Morgan fingerprint density at radius 3 is 2.58 bits per heavy atom. The number of halogens is 1. The SMILES string of the molecule is O=C(CN1C(=O)S/C(=C\c2ccccc2Br)C1=O)N1CCCCC1. The Kier molecular flexibility index (Phi) is 5.40. The number of carbonyl (C=O) groups excluding carboxylic acids is 3. The van der Waals surface area contributed by atoms with Gasteiger partial charge in [-0.25, -0.2) is 0 Å². The molecule has 2 heterocycles. The first kappa shape index (κ1) is 17.2. The molecule has 0 saturated carbocycles. The molecule has 2 saturated heterocycles. The van der Waals surface area contributed by atoms with Gasteiger partial charge in [-0.1, -0.05) is 34.1 Å². The van der Waals surface area contributed by atoms with Crippen molar-refractivity contribution in [3.63, 3.8) is 0 Å². The zero-order chi connectivity index (χ0) is 17.1. The summed E-state index contributed by atoms with van der Waals surface area (Å²) in [5, 5.41) is -0.385. The molecule has 2 aliphatic rings. The van der Waals surface area contributed by atoms with Gasteiger partial charge in [-0.3, -0.25) is 19.3 Å². The van der Waals surface area contributed by atoms with Crippen molar-refractivity contribution >= 4 is 50.8 Å². The minimum absolute atomic E-state index is 0.154. The number of carbonyl (C=O) groups is 3. The van der Waals surface area contributed by atoms with Gasteiger partial charge in [0.15, 0.2) is 0 Å². The lowest BCUT2D eigenvalue weighted by atomic mass is 10.1. The first-order chi connectivity index (χ1) is 11.6. The number of hydrogen-bond donors (Lipinski definition) is 0. The summed E-state index contributed by atoms with van der Waals surface area (Å²) in [6.45, 7) is 1.25. The predicted molar refractivity (Wildman–Crippen MR) is 97.3 cm³/mol. The molecule has 0 atom stereocenters. The first-order valence-corrected chi connectivity index (χ1v) is 9.45. The van der Waals surface area contributed by atoms with Crippen LogP contribution in [0.25, 0.3) is 6.08 Å². The van der Waals surface area contributed by atoms with E-state index < -0.39 is 5.91 Å². The largest absolute Gasteiger partial charge is 0.341 e. The van der Waals surface area contributed by atoms with Gasteiger partial charge in [0, 0.05) is 17.6 Å². The normalized spacial score (nSPS) is 20.1. The summed E-state index contributed by atoms with van der Waals surface area (Å²) in [6.07, 6.45) is 4.77. The van der Waals surface area contributed by atoms with Crippen LogP contribution in [-0.4, -0.2) is 46.5 Å². The number of likely N-dealkylation sites (tertiary alicyclic amines) is 1. The number of hydrogen-bond acceptors (Lipinski definition) is 4. The second-order valence-corrected chi connectivity index (χ2v) is 7.58. The molecular weight excluding hydrogens is 392 g/mol. The molecule has 0 spiro atoms. The third kappa shape index (κ3) is 3.72. The number of piperidine rings is 1. The maximum atomic E-state index is 12.5. The molecule has 3 rings (SSSR count). The first-order valence-electron chi connectivity index (χ1n) is 7.84. The van der Waals surface area contributed by atoms with Crippen LogP contribution in [0.3, 0.4) is 0 Å². The van der Waals surface area contributed by atoms with Gasteiger partial charge in [0.25, 0.3) is 11.1 Å². The number of amides is 3. The third-order valence-corrected chi connectivity index (χ3v) is 5.70. The summed E-state index contributed by atoms with van der Waals surface area (Å²) in [5.74, 6) is -0.551. The van der Waals surface area contributed by atoms with Gasteiger partial charge in [0.05, 0.1) is 4.91 Å². The Bertz CT molecular complexity index is 714. The average Bonchev–Trinajstić information content (AvgIpc) is 2.85. The molecule has 0 unspecified atom stereocenters. The maximum absolute atomic E-state index is 12.5. The van der Waals surface area contributed by atoms with Crippen LogP contribution in [-0.2, 0) is 9.59 Å². The van der Waals surface area contributed by atoms with E-state index in [-0.39, 0.29) is 17.7 Å². The molecule has 0 bridgehead atoms. The van der Waals surface area contributed by atoms with Gasteiger partial charge < -0.3 is 4.90 Å². The second-order valence-electron chi connectivity index (χ2n) is 5.73. The van der Waals surface area contributed by atoms with E-state index in [0.29, 0.717) is 18.0 Å². The van der Waals surface area contributed by atoms with E-state index in [0.717, 1.165) is 46.0 Å². The number of imide groups is 1. The summed E-state index contributed by atoms with van der Waals surface area (Å²) >= 11 is 4.30. The fourth-order valence-corrected chi connectivity index (χ4v) is 3.98. The predicted octanol–water partition coefficient (Wildman–Crippen LogP) is 3.50. The van der Waals surface area contributed by atoms with E-state index >= 15 is 0 Å². The van der Waals surface area contributed by atoms with Crippen LogP contribution in [0.4, 0.5) is 4.79 Å². The Morgan fingerprint density at radius 2 is 1.88 bits per heavy atom. The lowest BCUT2D eigenvalue weighted by molar-refractivity contribution is -0.136. The quantitative estimate of drug-likeness (QED) is 0.718. The van der Waals surface area contributed by atoms with Crippen molar-refractivity contribution < 1.29 is 14.4 Å². The highest BCUT2D eigenvalue weighted by molar-refractivity contribution is 9.10. The van der Waals surface area contributed by atoms with Gasteiger partial charge >= 0.3 is 0 Å². The lowest BCUT2D eigenvalue weighted by Crippen LogP contribution is -2.44. The van der Waals surface area contributed by atoms with Crippen molar-refractivity contribution in [1.82, 2.24) is 9.80 Å². The van der Waals surface area contributed by atoms with Crippen LogP contribution in [0.5, 0.6) is 0 Å². The highest BCUT2D eigenvalue weighted by Crippen LogP contribution is 2.33. The molecule has 24 heavy (non-hydrogen) atoms. The molecule has 3 amide bonds. The summed E-state index contributed by atoms with van der Waals surface area (Å²) in [6, 6.07) is 7.47. The van der Waals surface area contributed by atoms with Crippen LogP contribution < -0.4 is 0 Å². The minimum atomic E-state index is -0.397. The third-order valence-electron chi connectivity index (χ3n) is 4.07. The highest BCUT2D eigenvalue weighted by Gasteiger charge is 2.37. The lowest BCUT2D eigenvalue weighted by Gasteiger charge is -2.27. The molecule has 2 aliphatic heterocycles. The number of nitrogens with zero attached hydrogens (tertiary/aromatic N) is 2. The average molecular weight is 409 g/mol. The van der Waals surface area contributed by atoms with Crippen LogP contribution in [0, 0.1) is 0 Å². The Balaban J connectivity index is 1.72. The standard InChI is InChI=1S/C17H17BrN2O3S/c18-13-7-3-2-6-12(13)10-14-16(22)20(17(23)24-14)11-15(21)19-8-4-1-5-9-19/h2-3,6-7,10H,1,4-5,8-9,11H2/b14-10-. The number of benzene rings is 1. The molecule has 0 N–H and O–H groups in total. The van der Waals surface area contributed by atoms with Crippen molar-refractivity contribution in [3.8, 4) is 0 Å². The van der Waals surface area contributed by atoms with Crippen LogP contribution in [0.2, 0.25) is 0 Å². The van der Waals surface area contributed by atoms with Crippen molar-refractivity contribution in [2.24, 2.45) is 0 Å². The molecule has 126 valence electrons. The van der Waals surface area contributed by atoms with Gasteiger partial charge in [0.1, 0.15) is 6.54 Å². The van der Waals surface area contributed by atoms with Crippen molar-refractivity contribution in [1.29, 1.82) is 0 Å². The Morgan fingerprint density at radius 1 is 1.17 bits per heavy atom. The van der Waals surface area contributed by atoms with Gasteiger partial charge in [-0.2, -0.15) is 0 Å². The van der Waals surface area contributed by atoms with Gasteiger partial charge in [-0.05, 0) is 48.7 Å². The maximum Gasteiger partial charge on any atom is 0.294 e. The summed E-state index contributed by atoms with van der Waals surface area (Å²) in [4.78, 5) is 40.1. The van der Waals surface area contributed by atoms with E-state index in [1.165, 1.54) is 0 Å². The van der Waals surface area contributed by atoms with Gasteiger partial charge in [0.2, 0.25) is 5.91 Å². The number of thioether (sulfide) groups is 1. The molecule has 5 nitrogen and oxygen atoms in total. The zero-order valence-electron chi connectivity index (χ0n) is 13.0. The zero-order valence-corrected chi connectivity index (χ0v) is 15.4. The van der Waals surface area contributed by atoms with Crippen LogP contribution >= 0.6 is 27.7 Å². The molecule has 2 fully saturated rings. The smallest absolute Gasteiger partial charge is 0.294 e. The molecule has 1 aromatic rings. The van der Waals surface area contributed by atoms with E-state index in [4.69, 9.17) is 0 Å². The molecule has 0 aromatic heterocycles. The van der Waals surface area contributed by atoms with Crippen molar-refractivity contribution in [2.45, 2.75) is 19.3 Å². The molecule has 1 aromatic carbocycles. The summed E-state index contributed by atoms with van der Waals surface area (Å²) in [5.41, 5.74) is 0.824. The summed E-state index contributed by atoms with van der Waals surface area (Å²) < 4.78 is 0.848. The monoisotopic (exact) mass is 408 g/mol. The van der Waals surface area contributed by atoms with Crippen molar-refractivity contribution in [3.05, 3.63) is 39.2 Å². The molecule has 0 aliphatic carbocycles. The van der Waals surface area contributed by atoms with E-state index in [1.807, 2.05) is 24.3 Å². The number of rotatable bonds is 3. The van der Waals surface area contributed by atoms with Gasteiger partial charge in [-0.15, -0.1) is 0 Å².